The van der Waals surface area contributed by atoms with Gasteiger partial charge in [-0.2, -0.15) is 0 Å². The highest BCUT2D eigenvalue weighted by atomic mass is 16.2. The molecule has 0 saturated heterocycles. The first kappa shape index (κ1) is 19.0. The molecule has 0 atom stereocenters. The molecule has 23 heavy (non-hydrogen) atoms. The maximum Gasteiger partial charge on any atom is 0.319 e. The molecule has 0 spiro atoms. The van der Waals surface area contributed by atoms with Crippen molar-refractivity contribution in [1.82, 2.24) is 15.5 Å². The minimum atomic E-state index is -0.321. The van der Waals surface area contributed by atoms with Crippen molar-refractivity contribution in [3.8, 4) is 0 Å². The number of amides is 3. The smallest absolute Gasteiger partial charge is 0.319 e. The van der Waals surface area contributed by atoms with Gasteiger partial charge in [-0.25, -0.2) is 4.79 Å². The normalized spacial score (nSPS) is 11.0. The molecule has 0 heterocycles. The molecular weight excluding hydrogens is 292 g/mol. The van der Waals surface area contributed by atoms with Gasteiger partial charge in [-0.3, -0.25) is 4.79 Å². The summed E-state index contributed by atoms with van der Waals surface area (Å²) in [5, 5.41) is 8.67. The summed E-state index contributed by atoms with van der Waals surface area (Å²) in [6.07, 6.45) is 0. The van der Waals surface area contributed by atoms with E-state index in [0.717, 1.165) is 12.1 Å². The number of carbonyl (C=O) groups excluding carboxylic acids is 2. The molecule has 0 aliphatic heterocycles. The van der Waals surface area contributed by atoms with Crippen LogP contribution in [0.15, 0.2) is 18.2 Å². The molecule has 0 aliphatic rings. The summed E-state index contributed by atoms with van der Waals surface area (Å²) in [7, 11) is 3.61. The Morgan fingerprint density at radius 2 is 1.87 bits per heavy atom. The Morgan fingerprint density at radius 1 is 1.22 bits per heavy atom. The van der Waals surface area contributed by atoms with Gasteiger partial charge in [-0.1, -0.05) is 6.07 Å². The Kier molecular flexibility index (Phi) is 6.57. The quantitative estimate of drug-likeness (QED) is 0.779. The van der Waals surface area contributed by atoms with Crippen LogP contribution in [0.25, 0.3) is 0 Å². The standard InChI is InChI=1S/C17H28N4O2/c1-12-7-8-13(15(22)21(6)10-9-18-5)11-14(12)19-16(23)20-17(2,3)4/h7-8,11,18H,9-10H2,1-6H3,(H2,19,20,23). The van der Waals surface area contributed by atoms with Crippen LogP contribution in [0.5, 0.6) is 0 Å². The fraction of sp³-hybridized carbons (Fsp3) is 0.529. The number of anilines is 1. The third-order valence-electron chi connectivity index (χ3n) is 3.27. The minimum Gasteiger partial charge on any atom is -0.340 e. The fourth-order valence-electron chi connectivity index (χ4n) is 1.99. The van der Waals surface area contributed by atoms with Crippen LogP contribution in [0.3, 0.4) is 0 Å². The number of nitrogens with one attached hydrogen (secondary N) is 3. The third-order valence-corrected chi connectivity index (χ3v) is 3.27. The van der Waals surface area contributed by atoms with Crippen LogP contribution in [-0.2, 0) is 0 Å². The second-order valence-electron chi connectivity index (χ2n) is 6.69. The Balaban J connectivity index is 2.87. The van der Waals surface area contributed by atoms with E-state index in [0.29, 0.717) is 17.8 Å². The van der Waals surface area contributed by atoms with E-state index in [1.165, 1.54) is 0 Å². The van der Waals surface area contributed by atoms with Gasteiger partial charge in [-0.15, -0.1) is 0 Å². The topological polar surface area (TPSA) is 73.5 Å². The first-order valence-electron chi connectivity index (χ1n) is 7.74. The molecule has 128 valence electrons. The maximum absolute atomic E-state index is 12.4. The molecule has 3 N–H and O–H groups in total. The molecule has 0 bridgehead atoms. The highest BCUT2D eigenvalue weighted by Gasteiger charge is 2.16. The molecule has 0 radical (unpaired) electrons. The zero-order valence-electron chi connectivity index (χ0n) is 14.9. The number of hydrogen-bond acceptors (Lipinski definition) is 3. The van der Waals surface area contributed by atoms with E-state index < -0.39 is 0 Å². The molecule has 1 rings (SSSR count). The first-order valence-corrected chi connectivity index (χ1v) is 7.74. The monoisotopic (exact) mass is 320 g/mol. The van der Waals surface area contributed by atoms with Crippen molar-refractivity contribution in [2.24, 2.45) is 0 Å². The number of hydrogen-bond donors (Lipinski definition) is 3. The Labute approximate surface area is 138 Å². The van der Waals surface area contributed by atoms with Gasteiger partial charge in [0, 0.05) is 36.9 Å². The maximum atomic E-state index is 12.4. The molecular formula is C17H28N4O2. The lowest BCUT2D eigenvalue weighted by atomic mass is 10.1. The van der Waals surface area contributed by atoms with E-state index in [4.69, 9.17) is 0 Å². The van der Waals surface area contributed by atoms with Crippen LogP contribution in [0.4, 0.5) is 10.5 Å². The van der Waals surface area contributed by atoms with Crippen molar-refractivity contribution in [2.75, 3.05) is 32.5 Å². The van der Waals surface area contributed by atoms with E-state index in [2.05, 4.69) is 16.0 Å². The van der Waals surface area contributed by atoms with Gasteiger partial charge >= 0.3 is 6.03 Å². The number of nitrogens with zero attached hydrogens (tertiary/aromatic N) is 1. The van der Waals surface area contributed by atoms with Crippen LogP contribution in [0.1, 0.15) is 36.7 Å². The van der Waals surface area contributed by atoms with Crippen molar-refractivity contribution in [3.05, 3.63) is 29.3 Å². The van der Waals surface area contributed by atoms with E-state index in [1.54, 1.807) is 24.1 Å². The Bertz CT molecular complexity index is 564. The van der Waals surface area contributed by atoms with Crippen molar-refractivity contribution in [3.63, 3.8) is 0 Å². The van der Waals surface area contributed by atoms with Crippen LogP contribution in [0, 0.1) is 6.92 Å². The average Bonchev–Trinajstić information content (AvgIpc) is 2.44. The molecule has 6 heteroatoms. The van der Waals surface area contributed by atoms with Gasteiger partial charge < -0.3 is 20.9 Å². The lowest BCUT2D eigenvalue weighted by Gasteiger charge is -2.22. The number of likely N-dealkylation sites (N-methyl/N-ethyl adjacent to an activating group) is 2. The van der Waals surface area contributed by atoms with Gasteiger partial charge in [0.1, 0.15) is 0 Å². The van der Waals surface area contributed by atoms with Crippen molar-refractivity contribution >= 4 is 17.6 Å². The highest BCUT2D eigenvalue weighted by molar-refractivity contribution is 5.97. The van der Waals surface area contributed by atoms with E-state index >= 15 is 0 Å². The van der Waals surface area contributed by atoms with Gasteiger partial charge in [0.25, 0.3) is 5.91 Å². The molecule has 3 amide bonds. The number of rotatable bonds is 5. The summed E-state index contributed by atoms with van der Waals surface area (Å²) < 4.78 is 0. The summed E-state index contributed by atoms with van der Waals surface area (Å²) in [6.45, 7) is 8.98. The number of benzene rings is 1. The van der Waals surface area contributed by atoms with Gasteiger partial charge in [0.2, 0.25) is 0 Å². The largest absolute Gasteiger partial charge is 0.340 e. The lowest BCUT2D eigenvalue weighted by Crippen LogP contribution is -2.43. The predicted octanol–water partition coefficient (Wildman–Crippen LogP) is 2.21. The zero-order valence-corrected chi connectivity index (χ0v) is 14.9. The summed E-state index contributed by atoms with van der Waals surface area (Å²) in [5.41, 5.74) is 1.78. The first-order chi connectivity index (χ1) is 10.6. The Morgan fingerprint density at radius 3 is 2.43 bits per heavy atom. The number of urea groups is 1. The number of carbonyl (C=O) groups is 2. The SMILES string of the molecule is CNCCN(C)C(=O)c1ccc(C)c(NC(=O)NC(C)(C)C)c1. The summed E-state index contributed by atoms with van der Waals surface area (Å²) in [6, 6.07) is 5.05. The minimum absolute atomic E-state index is 0.0699. The van der Waals surface area contributed by atoms with Crippen molar-refractivity contribution in [1.29, 1.82) is 0 Å². The molecule has 0 aliphatic carbocycles. The summed E-state index contributed by atoms with van der Waals surface area (Å²) in [5.74, 6) is -0.0699. The third kappa shape index (κ3) is 6.28. The molecule has 0 aromatic heterocycles. The van der Waals surface area contributed by atoms with Gasteiger partial charge in [-0.05, 0) is 52.4 Å². The zero-order chi connectivity index (χ0) is 17.6. The molecule has 6 nitrogen and oxygen atoms in total. The fourth-order valence-corrected chi connectivity index (χ4v) is 1.99. The van der Waals surface area contributed by atoms with Crippen LogP contribution in [-0.4, -0.2) is 49.6 Å². The molecule has 0 saturated carbocycles. The molecule has 1 aromatic rings. The summed E-state index contributed by atoms with van der Waals surface area (Å²) >= 11 is 0. The second kappa shape index (κ2) is 7.97. The van der Waals surface area contributed by atoms with Crippen molar-refractivity contribution < 1.29 is 9.59 Å². The van der Waals surface area contributed by atoms with E-state index in [1.807, 2.05) is 40.8 Å². The van der Waals surface area contributed by atoms with E-state index in [9.17, 15) is 9.59 Å². The molecule has 0 fully saturated rings. The number of aryl methyl sites for hydroxylation is 1. The van der Waals surface area contributed by atoms with Crippen molar-refractivity contribution in [2.45, 2.75) is 33.2 Å². The van der Waals surface area contributed by atoms with Crippen LogP contribution < -0.4 is 16.0 Å². The lowest BCUT2D eigenvalue weighted by molar-refractivity contribution is 0.0797. The predicted molar refractivity (Wildman–Crippen MR) is 94.0 cm³/mol. The van der Waals surface area contributed by atoms with Crippen LogP contribution >= 0.6 is 0 Å². The second-order valence-corrected chi connectivity index (χ2v) is 6.69. The van der Waals surface area contributed by atoms with Gasteiger partial charge in [0.05, 0.1) is 0 Å². The average molecular weight is 320 g/mol. The van der Waals surface area contributed by atoms with E-state index in [-0.39, 0.29) is 17.5 Å². The molecule has 1 aromatic carbocycles. The molecule has 0 unspecified atom stereocenters. The Hall–Kier alpha value is -2.08. The highest BCUT2D eigenvalue weighted by Crippen LogP contribution is 2.18. The summed E-state index contributed by atoms with van der Waals surface area (Å²) in [4.78, 5) is 26.1. The van der Waals surface area contributed by atoms with Crippen LogP contribution in [0.2, 0.25) is 0 Å². The van der Waals surface area contributed by atoms with Gasteiger partial charge in [0.15, 0.2) is 0 Å².